The third-order valence-electron chi connectivity index (χ3n) is 2.65. The lowest BCUT2D eigenvalue weighted by Crippen LogP contribution is -2.04. The van der Waals surface area contributed by atoms with E-state index in [2.05, 4.69) is 15.1 Å². The fourth-order valence-electron chi connectivity index (χ4n) is 1.82. The lowest BCUT2D eigenvalue weighted by molar-refractivity contribution is 0.617. The highest BCUT2D eigenvalue weighted by Gasteiger charge is 2.14. The van der Waals surface area contributed by atoms with Crippen molar-refractivity contribution in [3.63, 3.8) is 0 Å². The molecule has 0 bridgehead atoms. The van der Waals surface area contributed by atoms with E-state index >= 15 is 0 Å². The van der Waals surface area contributed by atoms with Crippen LogP contribution in [-0.2, 0) is 0 Å². The monoisotopic (exact) mass is 255 g/mol. The number of aromatic nitrogens is 4. The number of hydrogen-bond donors (Lipinski definition) is 1. The fraction of sp³-hybridized carbons (Fsp3) is 0. The standard InChI is InChI=1S/C13H10FN5/c14-10-8-16-13(15)18-12(10)11-6-7-17-19(11)9-4-2-1-3-5-9/h1-8H,(H2,15,16,18). The highest BCUT2D eigenvalue weighted by Crippen LogP contribution is 2.23. The largest absolute Gasteiger partial charge is 0.368 e. The molecule has 2 aromatic heterocycles. The Morgan fingerprint density at radius 2 is 1.89 bits per heavy atom. The molecule has 0 radical (unpaired) electrons. The highest BCUT2D eigenvalue weighted by molar-refractivity contribution is 5.59. The van der Waals surface area contributed by atoms with Gasteiger partial charge in [0, 0.05) is 0 Å². The molecule has 94 valence electrons. The van der Waals surface area contributed by atoms with Gasteiger partial charge in [0.15, 0.2) is 5.82 Å². The van der Waals surface area contributed by atoms with Gasteiger partial charge in [0.2, 0.25) is 5.95 Å². The van der Waals surface area contributed by atoms with Gasteiger partial charge in [-0.15, -0.1) is 0 Å². The van der Waals surface area contributed by atoms with Gasteiger partial charge in [0.1, 0.15) is 5.69 Å². The number of halogens is 1. The molecule has 0 saturated carbocycles. The molecular weight excluding hydrogens is 245 g/mol. The summed E-state index contributed by atoms with van der Waals surface area (Å²) in [6, 6.07) is 11.1. The van der Waals surface area contributed by atoms with Crippen molar-refractivity contribution in [2.45, 2.75) is 0 Å². The number of para-hydroxylation sites is 1. The Bertz CT molecular complexity index is 708. The molecule has 6 heteroatoms. The van der Waals surface area contributed by atoms with Crippen LogP contribution in [0.1, 0.15) is 0 Å². The van der Waals surface area contributed by atoms with Crippen LogP contribution < -0.4 is 5.73 Å². The fourth-order valence-corrected chi connectivity index (χ4v) is 1.82. The Kier molecular flexibility index (Phi) is 2.68. The first-order valence-corrected chi connectivity index (χ1v) is 5.63. The summed E-state index contributed by atoms with van der Waals surface area (Å²) in [6.07, 6.45) is 2.64. The maximum atomic E-state index is 13.8. The number of nitrogen functional groups attached to an aromatic ring is 1. The molecular formula is C13H10FN5. The van der Waals surface area contributed by atoms with Crippen LogP contribution in [0, 0.1) is 5.82 Å². The molecule has 19 heavy (non-hydrogen) atoms. The van der Waals surface area contributed by atoms with Crippen molar-refractivity contribution in [1.29, 1.82) is 0 Å². The first-order valence-electron chi connectivity index (χ1n) is 5.63. The Labute approximate surface area is 108 Å². The maximum absolute atomic E-state index is 13.8. The van der Waals surface area contributed by atoms with E-state index in [1.807, 2.05) is 30.3 Å². The Balaban J connectivity index is 2.18. The molecule has 1 aromatic carbocycles. The van der Waals surface area contributed by atoms with E-state index in [0.29, 0.717) is 5.69 Å². The summed E-state index contributed by atoms with van der Waals surface area (Å²) in [6.45, 7) is 0. The van der Waals surface area contributed by atoms with Gasteiger partial charge >= 0.3 is 0 Å². The van der Waals surface area contributed by atoms with Crippen molar-refractivity contribution >= 4 is 5.95 Å². The lowest BCUT2D eigenvalue weighted by Gasteiger charge is -2.07. The van der Waals surface area contributed by atoms with E-state index < -0.39 is 5.82 Å². The van der Waals surface area contributed by atoms with Gasteiger partial charge in [-0.1, -0.05) is 18.2 Å². The third-order valence-corrected chi connectivity index (χ3v) is 2.65. The minimum absolute atomic E-state index is 0.0252. The molecule has 0 aliphatic rings. The predicted molar refractivity (Wildman–Crippen MR) is 69.0 cm³/mol. The third kappa shape index (κ3) is 2.03. The van der Waals surface area contributed by atoms with Crippen molar-refractivity contribution < 1.29 is 4.39 Å². The first kappa shape index (κ1) is 11.3. The lowest BCUT2D eigenvalue weighted by atomic mass is 10.2. The van der Waals surface area contributed by atoms with E-state index in [1.165, 1.54) is 0 Å². The molecule has 0 fully saturated rings. The summed E-state index contributed by atoms with van der Waals surface area (Å²) in [5.41, 5.74) is 6.98. The Morgan fingerprint density at radius 1 is 1.11 bits per heavy atom. The SMILES string of the molecule is Nc1ncc(F)c(-c2ccnn2-c2ccccc2)n1. The zero-order valence-electron chi connectivity index (χ0n) is 9.86. The van der Waals surface area contributed by atoms with Gasteiger partial charge in [-0.2, -0.15) is 5.10 Å². The van der Waals surface area contributed by atoms with Crippen LogP contribution in [-0.4, -0.2) is 19.7 Å². The van der Waals surface area contributed by atoms with Gasteiger partial charge in [0.05, 0.1) is 23.8 Å². The topological polar surface area (TPSA) is 69.6 Å². The number of anilines is 1. The molecule has 2 heterocycles. The van der Waals surface area contributed by atoms with Gasteiger partial charge in [-0.3, -0.25) is 0 Å². The minimum Gasteiger partial charge on any atom is -0.368 e. The zero-order chi connectivity index (χ0) is 13.2. The van der Waals surface area contributed by atoms with E-state index in [9.17, 15) is 4.39 Å². The maximum Gasteiger partial charge on any atom is 0.220 e. The van der Waals surface area contributed by atoms with Crippen LogP contribution in [0.2, 0.25) is 0 Å². The molecule has 0 unspecified atom stereocenters. The molecule has 3 aromatic rings. The van der Waals surface area contributed by atoms with E-state index in [-0.39, 0.29) is 11.6 Å². The molecule has 0 atom stereocenters. The van der Waals surface area contributed by atoms with Crippen LogP contribution in [0.15, 0.2) is 48.8 Å². The number of nitrogens with two attached hydrogens (primary N) is 1. The molecule has 3 rings (SSSR count). The first-order chi connectivity index (χ1) is 9.25. The molecule has 0 saturated heterocycles. The van der Waals surface area contributed by atoms with Crippen LogP contribution >= 0.6 is 0 Å². The highest BCUT2D eigenvalue weighted by atomic mass is 19.1. The van der Waals surface area contributed by atoms with Crippen molar-refractivity contribution in [2.24, 2.45) is 0 Å². The average molecular weight is 255 g/mol. The van der Waals surface area contributed by atoms with Crippen molar-refractivity contribution in [3.05, 3.63) is 54.6 Å². The molecule has 2 N–H and O–H groups in total. The molecule has 0 spiro atoms. The Morgan fingerprint density at radius 3 is 2.68 bits per heavy atom. The van der Waals surface area contributed by atoms with Crippen LogP contribution in [0.3, 0.4) is 0 Å². The number of nitrogens with zero attached hydrogens (tertiary/aromatic N) is 4. The molecule has 5 nitrogen and oxygen atoms in total. The van der Waals surface area contributed by atoms with Gasteiger partial charge in [0.25, 0.3) is 0 Å². The number of rotatable bonds is 2. The molecule has 0 amide bonds. The van der Waals surface area contributed by atoms with Crippen molar-refractivity contribution in [2.75, 3.05) is 5.73 Å². The summed E-state index contributed by atoms with van der Waals surface area (Å²) in [5, 5.41) is 4.18. The van der Waals surface area contributed by atoms with Crippen molar-refractivity contribution in [3.8, 4) is 17.1 Å². The van der Waals surface area contributed by atoms with Gasteiger partial charge < -0.3 is 5.73 Å². The number of benzene rings is 1. The second kappa shape index (κ2) is 4.49. The average Bonchev–Trinajstić information content (AvgIpc) is 2.91. The van der Waals surface area contributed by atoms with Gasteiger partial charge in [-0.05, 0) is 18.2 Å². The Hall–Kier alpha value is -2.76. The van der Waals surface area contributed by atoms with E-state index in [1.54, 1.807) is 16.9 Å². The van der Waals surface area contributed by atoms with Gasteiger partial charge in [-0.25, -0.2) is 19.0 Å². The summed E-state index contributed by atoms with van der Waals surface area (Å²) in [4.78, 5) is 7.55. The quantitative estimate of drug-likeness (QED) is 0.760. The van der Waals surface area contributed by atoms with E-state index in [4.69, 9.17) is 5.73 Å². The summed E-state index contributed by atoms with van der Waals surface area (Å²) >= 11 is 0. The van der Waals surface area contributed by atoms with Crippen LogP contribution in [0.25, 0.3) is 17.1 Å². The van der Waals surface area contributed by atoms with Crippen LogP contribution in [0.5, 0.6) is 0 Å². The normalized spacial score (nSPS) is 10.6. The molecule has 0 aliphatic heterocycles. The predicted octanol–water partition coefficient (Wildman–Crippen LogP) is 2.05. The minimum atomic E-state index is -0.535. The zero-order valence-corrected chi connectivity index (χ0v) is 9.86. The van der Waals surface area contributed by atoms with Crippen molar-refractivity contribution in [1.82, 2.24) is 19.7 Å². The second-order valence-electron chi connectivity index (χ2n) is 3.89. The summed E-state index contributed by atoms with van der Waals surface area (Å²) in [5.74, 6) is -0.510. The summed E-state index contributed by atoms with van der Waals surface area (Å²) in [7, 11) is 0. The number of hydrogen-bond acceptors (Lipinski definition) is 4. The smallest absolute Gasteiger partial charge is 0.220 e. The van der Waals surface area contributed by atoms with E-state index in [0.717, 1.165) is 11.9 Å². The summed E-state index contributed by atoms with van der Waals surface area (Å²) < 4.78 is 15.4. The van der Waals surface area contributed by atoms with Crippen LogP contribution in [0.4, 0.5) is 10.3 Å². The molecule has 0 aliphatic carbocycles. The second-order valence-corrected chi connectivity index (χ2v) is 3.89.